The Balaban J connectivity index is 0.0000183. The molecule has 3 aromatic carbocycles. The summed E-state index contributed by atoms with van der Waals surface area (Å²) in [6.07, 6.45) is 21.4. The normalized spacial score (nSPS) is 12.5. The molecule has 0 saturated heterocycles. The van der Waals surface area contributed by atoms with Crippen LogP contribution in [0.5, 0.6) is 11.5 Å². The summed E-state index contributed by atoms with van der Waals surface area (Å²) in [5, 5.41) is 1.14. The molecule has 0 aliphatic carbocycles. The lowest BCUT2D eigenvalue weighted by atomic mass is 9.79. The van der Waals surface area contributed by atoms with Crippen LogP contribution >= 0.6 is 23.2 Å². The van der Waals surface area contributed by atoms with Gasteiger partial charge < -0.3 is 28.8 Å². The third-order valence-corrected chi connectivity index (χ3v) is 28.2. The van der Waals surface area contributed by atoms with E-state index in [1.54, 1.807) is 24.3 Å². The molecule has 416 valence electrons. The highest BCUT2D eigenvalue weighted by Crippen LogP contribution is 2.46. The van der Waals surface area contributed by atoms with Crippen molar-refractivity contribution >= 4 is 45.8 Å². The Labute approximate surface area is 459 Å². The van der Waals surface area contributed by atoms with Gasteiger partial charge in [0, 0.05) is 46.0 Å². The highest BCUT2D eigenvalue weighted by atomic mass is 35.5. The van der Waals surface area contributed by atoms with Gasteiger partial charge in [-0.15, -0.1) is 0 Å². The number of halogens is 2. The zero-order valence-corrected chi connectivity index (χ0v) is 50.9. The van der Waals surface area contributed by atoms with Crippen molar-refractivity contribution in [3.05, 3.63) is 93.5 Å². The van der Waals surface area contributed by atoms with E-state index in [4.69, 9.17) is 52.0 Å². The van der Waals surface area contributed by atoms with Gasteiger partial charge in [0.25, 0.3) is 0 Å². The molecule has 0 fully saturated rings. The third kappa shape index (κ3) is 20.5. The summed E-state index contributed by atoms with van der Waals surface area (Å²) < 4.78 is 33.1. The van der Waals surface area contributed by atoms with Gasteiger partial charge in [-0.2, -0.15) is 0 Å². The third-order valence-electron chi connectivity index (χ3n) is 15.5. The fourth-order valence-corrected chi connectivity index (χ4v) is 23.2. The zero-order valence-electron chi connectivity index (χ0n) is 47.4. The van der Waals surface area contributed by atoms with Crippen LogP contribution in [0.3, 0.4) is 0 Å². The largest absolute Gasteiger partial charge is 0.493 e. The van der Waals surface area contributed by atoms with Crippen LogP contribution in [0.1, 0.15) is 223 Å². The smallest absolute Gasteiger partial charge is 0.321 e. The number of carbonyl (C=O) groups is 1. The minimum Gasteiger partial charge on any atom is -0.493 e. The molecule has 73 heavy (non-hydrogen) atoms. The van der Waals surface area contributed by atoms with E-state index in [2.05, 4.69) is 83.1 Å². The molecule has 0 amide bonds. The average molecular weight is 1090 g/mol. The zero-order chi connectivity index (χ0) is 53.2. The number of esters is 1. The van der Waals surface area contributed by atoms with E-state index in [9.17, 15) is 4.79 Å². The summed E-state index contributed by atoms with van der Waals surface area (Å²) in [5.74, 6) is 0.762. The molecule has 0 saturated carbocycles. The van der Waals surface area contributed by atoms with E-state index >= 15 is 0 Å². The van der Waals surface area contributed by atoms with E-state index in [1.165, 1.54) is 77.0 Å². The molecule has 2 N–H and O–H groups in total. The van der Waals surface area contributed by atoms with Crippen LogP contribution < -0.4 is 15.2 Å². The van der Waals surface area contributed by atoms with E-state index in [0.717, 1.165) is 51.7 Å². The van der Waals surface area contributed by atoms with Crippen molar-refractivity contribution in [3.8, 4) is 11.5 Å². The van der Waals surface area contributed by atoms with Crippen molar-refractivity contribution in [2.24, 2.45) is 5.73 Å². The van der Waals surface area contributed by atoms with Crippen molar-refractivity contribution in [3.63, 3.8) is 0 Å². The molecule has 0 aromatic heterocycles. The minimum absolute atomic E-state index is 0. The summed E-state index contributed by atoms with van der Waals surface area (Å²) >= 11 is 12.8. The van der Waals surface area contributed by atoms with Gasteiger partial charge in [0.2, 0.25) is 0 Å². The molecule has 0 bridgehead atoms. The number of carbonyl (C=O) groups excluding carboxylic acids is 1. The van der Waals surface area contributed by atoms with Crippen molar-refractivity contribution < 1.29 is 27.9 Å². The predicted molar refractivity (Wildman–Crippen MR) is 319 cm³/mol. The molecule has 11 heteroatoms. The number of benzene rings is 3. The van der Waals surface area contributed by atoms with Crippen LogP contribution in [0.4, 0.5) is 0 Å². The van der Waals surface area contributed by atoms with Gasteiger partial charge in [0.15, 0.2) is 22.2 Å². The van der Waals surface area contributed by atoms with Gasteiger partial charge in [-0.1, -0.05) is 228 Å². The summed E-state index contributed by atoms with van der Waals surface area (Å²) in [7, 11) is -3.55. The Kier molecular flexibility index (Phi) is 32.1. The van der Waals surface area contributed by atoms with Crippen LogP contribution in [0, 0.1) is 0 Å². The second kappa shape index (κ2) is 35.1. The first-order valence-electron chi connectivity index (χ1n) is 28.5. The molecular formula is C62H105Cl2NO6Si2. The molecule has 0 aliphatic heterocycles. The minimum atomic E-state index is -1.77. The molecule has 7 nitrogen and oxygen atoms in total. The van der Waals surface area contributed by atoms with Crippen LogP contribution in [-0.4, -0.2) is 55.6 Å². The fourth-order valence-electron chi connectivity index (χ4n) is 12.0. The maximum absolute atomic E-state index is 13.4. The highest BCUT2D eigenvalue weighted by Gasteiger charge is 2.46. The van der Waals surface area contributed by atoms with Crippen LogP contribution in [0.15, 0.2) is 66.7 Å². The summed E-state index contributed by atoms with van der Waals surface area (Å²) in [4.78, 5) is 13.4. The number of ether oxygens (including phenoxy) is 3. The molecule has 3 aromatic rings. The monoisotopic (exact) mass is 1090 g/mol. The van der Waals surface area contributed by atoms with Crippen LogP contribution in [0.25, 0.3) is 0 Å². The van der Waals surface area contributed by atoms with Gasteiger partial charge in [0.05, 0.1) is 19.8 Å². The standard InChI is InChI=1S/C61H101Cl2NO6Si2.CH4/c1-47(2)71(48(3)4,49(5)6)68-41-29-25-21-17-13-15-19-23-27-39-66-58-43-55(61(70-60(65)46-64,53-31-35-56(62)36-32-53)54-33-37-57(63)38-34-54)44-59(45-58)67-40-28-24-20-16-14-18-22-26-30-42-69-72(50(7)8,51(9)10)52(11)12;/h31-38,43-45,47-52H,13-30,39-42,46,64H2,1-12H3;1H4. The Hall–Kier alpha value is -2.38. The second-order valence-electron chi connectivity index (χ2n) is 22.5. The Morgan fingerprint density at radius 1 is 0.438 bits per heavy atom. The Morgan fingerprint density at radius 2 is 0.712 bits per heavy atom. The number of hydrogen-bond acceptors (Lipinski definition) is 7. The summed E-state index contributed by atoms with van der Waals surface area (Å²) in [6, 6.07) is 20.6. The van der Waals surface area contributed by atoms with E-state index in [1.807, 2.05) is 42.5 Å². The van der Waals surface area contributed by atoms with Gasteiger partial charge in [-0.25, -0.2) is 0 Å². The summed E-state index contributed by atoms with van der Waals surface area (Å²) in [6.45, 7) is 31.1. The first-order valence-corrected chi connectivity index (χ1v) is 33.5. The quantitative estimate of drug-likeness (QED) is 0.0263. The maximum Gasteiger partial charge on any atom is 0.321 e. The fraction of sp³-hybridized carbons (Fsp3) is 0.694. The van der Waals surface area contributed by atoms with E-state index in [-0.39, 0.29) is 14.0 Å². The lowest BCUT2D eigenvalue weighted by Gasteiger charge is -2.42. The molecular weight excluding hydrogens is 982 g/mol. The van der Waals surface area contributed by atoms with Crippen molar-refractivity contribution in [1.82, 2.24) is 0 Å². The van der Waals surface area contributed by atoms with Crippen LogP contribution in [0.2, 0.25) is 43.3 Å². The number of rotatable bonds is 39. The van der Waals surface area contributed by atoms with Gasteiger partial charge in [-0.3, -0.25) is 4.79 Å². The Morgan fingerprint density at radius 3 is 0.986 bits per heavy atom. The predicted octanol–water partition coefficient (Wildman–Crippen LogP) is 19.6. The average Bonchev–Trinajstić information content (AvgIpc) is 3.33. The molecule has 0 heterocycles. The summed E-state index contributed by atoms with van der Waals surface area (Å²) in [5.41, 5.74) is 10.5. The number of hydrogen-bond donors (Lipinski definition) is 1. The van der Waals surface area contributed by atoms with Crippen molar-refractivity contribution in [2.75, 3.05) is 33.0 Å². The topological polar surface area (TPSA) is 89.2 Å². The second-order valence-corrected chi connectivity index (χ2v) is 34.3. The SMILES string of the molecule is C.CC(C)[Si](OCCCCCCCCCCCOc1cc(OCCCCCCCCCCCO[Si](C(C)C)(C(C)C)C(C)C)cc(C(OC(=O)CN)(c2ccc(Cl)cc2)c2ccc(Cl)cc2)c1)(C(C)C)C(C)C. The Bertz CT molecular complexity index is 1760. The first kappa shape index (κ1) is 66.7. The molecule has 0 spiro atoms. The molecule has 3 rings (SSSR count). The molecule has 0 aliphatic rings. The van der Waals surface area contributed by atoms with Crippen molar-refractivity contribution in [2.45, 2.75) is 245 Å². The lowest BCUT2D eigenvalue weighted by molar-refractivity contribution is -0.151. The van der Waals surface area contributed by atoms with E-state index < -0.39 is 28.2 Å². The number of unbranched alkanes of at least 4 members (excludes halogenated alkanes) is 16. The van der Waals surface area contributed by atoms with Gasteiger partial charge >= 0.3 is 5.97 Å². The number of nitrogens with two attached hydrogens (primary N) is 1. The van der Waals surface area contributed by atoms with Gasteiger partial charge in [-0.05, 0) is 95.3 Å². The first-order chi connectivity index (χ1) is 34.4. The van der Waals surface area contributed by atoms with E-state index in [0.29, 0.717) is 84.7 Å². The van der Waals surface area contributed by atoms with Gasteiger partial charge in [0.1, 0.15) is 11.5 Å². The molecule has 0 atom stereocenters. The van der Waals surface area contributed by atoms with Crippen LogP contribution in [-0.2, 0) is 24.0 Å². The molecule has 0 unspecified atom stereocenters. The van der Waals surface area contributed by atoms with Crippen molar-refractivity contribution in [1.29, 1.82) is 0 Å². The maximum atomic E-state index is 13.4. The lowest BCUT2D eigenvalue weighted by Crippen LogP contribution is -2.47. The molecule has 0 radical (unpaired) electrons. The highest BCUT2D eigenvalue weighted by molar-refractivity contribution is 6.78.